The van der Waals surface area contributed by atoms with Crippen LogP contribution in [0.3, 0.4) is 0 Å². The van der Waals surface area contributed by atoms with Gasteiger partial charge < -0.3 is 133 Å². The summed E-state index contributed by atoms with van der Waals surface area (Å²) in [6.07, 6.45) is -15.5. The van der Waals surface area contributed by atoms with Gasteiger partial charge in [0.2, 0.25) is 65.2 Å². The molecule has 1 aromatic heterocycles. The van der Waals surface area contributed by atoms with E-state index in [0.717, 1.165) is 66.7 Å². The van der Waals surface area contributed by atoms with Gasteiger partial charge in [-0.05, 0) is 145 Å². The van der Waals surface area contributed by atoms with Gasteiger partial charge in [0, 0.05) is 66.6 Å². The van der Waals surface area contributed by atoms with Crippen molar-refractivity contribution in [3.05, 3.63) is 180 Å². The quantitative estimate of drug-likeness (QED) is 0.0314. The summed E-state index contributed by atoms with van der Waals surface area (Å²) in [5.74, 6) is -17.5. The van der Waals surface area contributed by atoms with Gasteiger partial charge in [-0.2, -0.15) is 4.98 Å². The van der Waals surface area contributed by atoms with E-state index in [9.17, 15) is 74.7 Å². The topological polar surface area (TPSA) is 611 Å². The van der Waals surface area contributed by atoms with Crippen LogP contribution in [-0.4, -0.2) is 227 Å². The zero-order chi connectivity index (χ0) is 92.6. The first-order valence-electron chi connectivity index (χ1n) is 40.0. The number of aromatic hydroxyl groups is 3. The number of rotatable bonds is 23. The van der Waals surface area contributed by atoms with E-state index in [4.69, 9.17) is 73.8 Å². The molecular formula is C84H93Cl3N14O27. The molecule has 682 valence electrons. The standard InChI is InChI=1S/C84H93Cl3N14O27/c1-35(2)23-48(89-5)75(114)98-66-68(109)39-11-16-52(46(86)25-39)124-54-27-41-28-55(72(54)128-82-73(71(112)70(111)56(33-102)126-82)127-61-32-84(4,74(113)36(3)123-61)91-20-22-101-21-19-58(94-83(101)121)93-59(107)18-9-37-7-13-42(85)14-8-37)125-53-17-12-40(26-47(53)87)69(110)67-80(119)97-65(81(120)100-122-34-60(108)90-6)45-29-43(103)30-51(105)62(45)44-24-38(10-15-50(44)104)63(77(116)99-67)96-78(117)64(41)95-76(115)49(31-57(88)106)92-79(66)118/h7-19,21,24-30,35-36,48-49,56,61,63-71,73-74,82,89,91,102-105,109-113H,20,22-23,31-34H2,1-6H3,(H2,88,106)(H,90,108)(H,92,118)(H,95,115)(H,96,117)(H,97,119)(H,98,114)(H,99,116)(H,100,120)(H,93,94,107,121)/b18-9+. The molecule has 22 N–H and O–H groups in total. The van der Waals surface area contributed by atoms with E-state index < -0.39 is 277 Å². The van der Waals surface area contributed by atoms with Crippen molar-refractivity contribution in [2.24, 2.45) is 11.7 Å². The second-order valence-corrected chi connectivity index (χ2v) is 32.6. The fraction of sp³-hybridized carbons (Fsp3) is 0.381. The molecule has 14 rings (SSSR count). The molecule has 10 amide bonds. The molecule has 41 nitrogen and oxygen atoms in total. The number of ether oxygens (including phenoxy) is 6. The van der Waals surface area contributed by atoms with E-state index >= 15 is 24.0 Å². The molecule has 7 aliphatic rings. The van der Waals surface area contributed by atoms with Gasteiger partial charge in [0.15, 0.2) is 30.5 Å². The predicted octanol–water partition coefficient (Wildman–Crippen LogP) is 1.01. The molecule has 7 aromatic rings. The third-order valence-electron chi connectivity index (χ3n) is 21.7. The van der Waals surface area contributed by atoms with Crippen LogP contribution >= 0.6 is 34.8 Å². The molecule has 128 heavy (non-hydrogen) atoms. The van der Waals surface area contributed by atoms with Crippen LogP contribution in [0.4, 0.5) is 5.82 Å². The summed E-state index contributed by atoms with van der Waals surface area (Å²) in [5.41, 5.74) is 3.32. The van der Waals surface area contributed by atoms with Gasteiger partial charge in [-0.1, -0.05) is 79.0 Å². The fourth-order valence-corrected chi connectivity index (χ4v) is 15.6. The Bertz CT molecular complexity index is 5500. The maximum Gasteiger partial charge on any atom is 0.349 e. The lowest BCUT2D eigenvalue weighted by atomic mass is 9.85. The number of hydrogen-bond acceptors (Lipinski definition) is 30. The number of phenolic OH excluding ortho intramolecular Hbond substituents is 3. The lowest BCUT2D eigenvalue weighted by Gasteiger charge is -2.48. The number of hydrogen-bond donors (Lipinski definition) is 21. The van der Waals surface area contributed by atoms with Gasteiger partial charge in [0.05, 0.1) is 41.3 Å². The summed E-state index contributed by atoms with van der Waals surface area (Å²) in [4.78, 5) is 168. The molecular weight excluding hydrogens is 1740 g/mol. The number of primary amides is 1. The highest BCUT2D eigenvalue weighted by molar-refractivity contribution is 6.32. The number of amides is 10. The van der Waals surface area contributed by atoms with E-state index in [2.05, 4.69) is 58.2 Å². The van der Waals surface area contributed by atoms with Crippen molar-refractivity contribution in [2.45, 2.75) is 163 Å². The average molecular weight is 1840 g/mol. The van der Waals surface area contributed by atoms with Crippen molar-refractivity contribution in [3.8, 4) is 57.1 Å². The molecule has 6 aromatic carbocycles. The van der Waals surface area contributed by atoms with Crippen molar-refractivity contribution >= 4 is 106 Å². The first-order valence-corrected chi connectivity index (χ1v) is 41.1. The van der Waals surface area contributed by atoms with Gasteiger partial charge >= 0.3 is 5.69 Å². The van der Waals surface area contributed by atoms with Crippen LogP contribution in [0.25, 0.3) is 17.2 Å². The van der Waals surface area contributed by atoms with Crippen LogP contribution in [0.15, 0.2) is 126 Å². The number of anilines is 1. The maximum atomic E-state index is 16.4. The first-order chi connectivity index (χ1) is 60.8. The van der Waals surface area contributed by atoms with Crippen molar-refractivity contribution in [3.63, 3.8) is 0 Å². The van der Waals surface area contributed by atoms with Gasteiger partial charge in [0.1, 0.15) is 101 Å². The number of fused-ring (bicyclic) bond motifs is 15. The molecule has 18 atom stereocenters. The number of hydroxylamine groups is 1. The number of nitrogens with zero attached hydrogens (tertiary/aromatic N) is 2. The summed E-state index contributed by atoms with van der Waals surface area (Å²) in [5, 5.41) is 132. The van der Waals surface area contributed by atoms with Gasteiger partial charge in [0.25, 0.3) is 5.91 Å². The number of halogens is 3. The summed E-state index contributed by atoms with van der Waals surface area (Å²) in [6, 6.07) is 7.02. The van der Waals surface area contributed by atoms with Crippen molar-refractivity contribution in [2.75, 3.05) is 39.2 Å². The summed E-state index contributed by atoms with van der Waals surface area (Å²) < 4.78 is 40.6. The highest BCUT2D eigenvalue weighted by Crippen LogP contribution is 2.50. The Hall–Kier alpha value is -12.2. The number of benzene rings is 6. The van der Waals surface area contributed by atoms with Gasteiger partial charge in [-0.3, -0.25) is 57.4 Å². The minimum Gasteiger partial charge on any atom is -0.508 e. The molecule has 18 unspecified atom stereocenters. The SMILES string of the molecule is CNC(=O)CONC(=O)C1NC(=O)C2NC(=O)C(NC(=O)C3NC(=O)C(CC(N)=O)NC(=O)C(NC(=O)C(CC(C)C)NC)C(O)c4ccc(c(Cl)c4)Oc4cc3cc(c4OC3OC(CO)C(O)C(O)C3OC3CC(C)(NCCn4ccc(NC(=O)/C=C/c5ccc(Cl)cc5)nc4=O)C(O)C(C)O3)Oc3ccc(cc3Cl)C2O)c2ccc(O)c(c2)-c2c(O)cc(O)cc21. The molecule has 2 saturated heterocycles. The van der Waals surface area contributed by atoms with E-state index in [1.54, 1.807) is 45.0 Å². The Labute approximate surface area is 743 Å². The Morgan fingerprint density at radius 3 is 2.00 bits per heavy atom. The summed E-state index contributed by atoms with van der Waals surface area (Å²) >= 11 is 20.4. The lowest BCUT2D eigenvalue weighted by Crippen LogP contribution is -2.65. The molecule has 8 heterocycles. The molecule has 44 heteroatoms. The summed E-state index contributed by atoms with van der Waals surface area (Å²) in [6.45, 7) is 4.74. The number of likely N-dealkylation sites (N-methyl/N-ethyl adjacent to an activating group) is 2. The average Bonchev–Trinajstić information content (AvgIpc) is 0.759. The second kappa shape index (κ2) is 40.9. The minimum atomic E-state index is -2.42. The number of phenols is 3. The monoisotopic (exact) mass is 1830 g/mol. The molecule has 7 aliphatic heterocycles. The lowest BCUT2D eigenvalue weighted by molar-refractivity contribution is -0.334. The van der Waals surface area contributed by atoms with E-state index in [0.29, 0.717) is 10.6 Å². The second-order valence-electron chi connectivity index (χ2n) is 31.3. The molecule has 0 aliphatic carbocycles. The number of aliphatic hydroxyl groups excluding tert-OH is 6. The highest BCUT2D eigenvalue weighted by atomic mass is 35.5. The Balaban J connectivity index is 0.998. The van der Waals surface area contributed by atoms with Crippen LogP contribution in [-0.2, 0) is 73.5 Å². The zero-order valence-electron chi connectivity index (χ0n) is 68.9. The number of nitrogens with two attached hydrogens (primary N) is 1. The van der Waals surface area contributed by atoms with Crippen molar-refractivity contribution in [1.82, 2.24) is 62.9 Å². The number of aromatic nitrogens is 2. The zero-order valence-corrected chi connectivity index (χ0v) is 71.2. The smallest absolute Gasteiger partial charge is 0.349 e. The largest absolute Gasteiger partial charge is 0.508 e. The molecule has 0 spiro atoms. The Morgan fingerprint density at radius 2 is 1.37 bits per heavy atom. The summed E-state index contributed by atoms with van der Waals surface area (Å²) in [7, 11) is 2.71. The van der Waals surface area contributed by atoms with Crippen molar-refractivity contribution < 1.29 is 127 Å². The van der Waals surface area contributed by atoms with Crippen LogP contribution in [0, 0.1) is 5.92 Å². The van der Waals surface area contributed by atoms with E-state index in [-0.39, 0.29) is 48.8 Å². The van der Waals surface area contributed by atoms with Crippen molar-refractivity contribution in [1.29, 1.82) is 0 Å². The van der Waals surface area contributed by atoms with Gasteiger partial charge in [-0.25, -0.2) is 10.3 Å². The fourth-order valence-electron chi connectivity index (χ4n) is 15.0. The van der Waals surface area contributed by atoms with Crippen LogP contribution in [0.2, 0.25) is 15.1 Å². The number of nitrogens with one attached hydrogen (secondary N) is 11. The first kappa shape index (κ1) is 94.9. The number of carbonyl (C=O) groups is 10. The molecule has 2 fully saturated rings. The molecule has 0 radical (unpaired) electrons. The van der Waals surface area contributed by atoms with Crippen LogP contribution in [0.5, 0.6) is 46.0 Å². The Morgan fingerprint density at radius 1 is 0.719 bits per heavy atom. The minimum absolute atomic E-state index is 0.0422. The number of aliphatic hydroxyl groups is 6. The Kier molecular flexibility index (Phi) is 30.3. The maximum absolute atomic E-state index is 16.4. The molecule has 11 bridgehead atoms. The molecule has 0 saturated carbocycles. The van der Waals surface area contributed by atoms with E-state index in [1.807, 2.05) is 5.48 Å². The van der Waals surface area contributed by atoms with Crippen LogP contribution in [0.1, 0.15) is 111 Å². The highest BCUT2D eigenvalue weighted by Gasteiger charge is 2.52. The third kappa shape index (κ3) is 22.0. The van der Waals surface area contributed by atoms with Gasteiger partial charge in [-0.15, -0.1) is 0 Å². The number of carbonyl (C=O) groups excluding carboxylic acids is 10. The predicted molar refractivity (Wildman–Crippen MR) is 451 cm³/mol. The third-order valence-corrected chi connectivity index (χ3v) is 22.6. The van der Waals surface area contributed by atoms with Crippen LogP contribution < -0.4 is 84.3 Å². The normalized spacial score (nSPS) is 25.6. The van der Waals surface area contributed by atoms with E-state index in [1.165, 1.54) is 62.1 Å².